The summed E-state index contributed by atoms with van der Waals surface area (Å²) in [7, 11) is 0. The first kappa shape index (κ1) is 18.4. The predicted octanol–water partition coefficient (Wildman–Crippen LogP) is 6.65. The highest BCUT2D eigenvalue weighted by Crippen LogP contribution is 2.69. The van der Waals surface area contributed by atoms with Crippen molar-refractivity contribution in [2.24, 2.45) is 11.3 Å². The van der Waals surface area contributed by atoms with Crippen LogP contribution in [0.3, 0.4) is 0 Å². The SMILES string of the molecule is C[C@]12CC=C3C=C4CCC(=O)C[C@]45CC[C@]3(O5)[C@@H]1CC[C@@H]2c1ccc2ccccc2c1. The van der Waals surface area contributed by atoms with Crippen LogP contribution in [-0.4, -0.2) is 17.0 Å². The maximum atomic E-state index is 12.4. The van der Waals surface area contributed by atoms with Gasteiger partial charge in [-0.2, -0.15) is 0 Å². The van der Waals surface area contributed by atoms with Crippen molar-refractivity contribution in [2.45, 2.75) is 75.4 Å². The van der Waals surface area contributed by atoms with E-state index in [1.165, 1.54) is 40.3 Å². The van der Waals surface area contributed by atoms with Crippen LogP contribution >= 0.6 is 0 Å². The molecule has 2 heteroatoms. The Morgan fingerprint density at radius 3 is 2.77 bits per heavy atom. The molecule has 2 aromatic rings. The molecule has 0 aromatic heterocycles. The molecule has 2 heterocycles. The normalized spacial score (nSPS) is 40.7. The Morgan fingerprint density at radius 1 is 1.00 bits per heavy atom. The smallest absolute Gasteiger partial charge is 0.136 e. The van der Waals surface area contributed by atoms with Crippen molar-refractivity contribution in [1.82, 2.24) is 0 Å². The molecule has 7 rings (SSSR count). The average molecular weight is 411 g/mol. The number of allylic oxidation sites excluding steroid dienone is 1. The van der Waals surface area contributed by atoms with Crippen molar-refractivity contribution in [1.29, 1.82) is 0 Å². The summed E-state index contributed by atoms with van der Waals surface area (Å²) in [4.78, 5) is 12.4. The molecular weight excluding hydrogens is 380 g/mol. The molecule has 2 saturated carbocycles. The Kier molecular flexibility index (Phi) is 3.55. The molecule has 0 N–H and O–H groups in total. The van der Waals surface area contributed by atoms with Gasteiger partial charge >= 0.3 is 0 Å². The number of hydrogen-bond donors (Lipinski definition) is 0. The standard InChI is InChI=1S/C29H30O2/c1-27-13-12-23-17-22-8-9-24(30)18-28(22)14-15-29(23,31-28)26(27)11-10-25(27)21-7-6-19-4-2-3-5-20(19)16-21/h2-7,12,16-17,25-26H,8-11,13-15,18H2,1H3/t25-,26-,27-,28-,29-/m1/s1. The van der Waals surface area contributed by atoms with Gasteiger partial charge in [0.1, 0.15) is 5.78 Å². The lowest BCUT2D eigenvalue weighted by molar-refractivity contribution is -0.146. The van der Waals surface area contributed by atoms with E-state index in [9.17, 15) is 4.79 Å². The third kappa shape index (κ3) is 2.30. The van der Waals surface area contributed by atoms with E-state index in [0.29, 0.717) is 30.5 Å². The van der Waals surface area contributed by atoms with Crippen LogP contribution in [0.15, 0.2) is 65.8 Å². The van der Waals surface area contributed by atoms with Crippen LogP contribution in [0.1, 0.15) is 69.8 Å². The quantitative estimate of drug-likeness (QED) is 0.526. The van der Waals surface area contributed by atoms with Gasteiger partial charge in [-0.25, -0.2) is 0 Å². The fourth-order valence-corrected chi connectivity index (χ4v) is 8.19. The van der Waals surface area contributed by atoms with Gasteiger partial charge in [-0.3, -0.25) is 4.79 Å². The fraction of sp³-hybridized carbons (Fsp3) is 0.483. The van der Waals surface area contributed by atoms with Crippen LogP contribution in [0.5, 0.6) is 0 Å². The number of carbonyl (C=O) groups excluding carboxylic acids is 1. The highest BCUT2D eigenvalue weighted by atomic mass is 16.5. The lowest BCUT2D eigenvalue weighted by Crippen LogP contribution is -2.53. The van der Waals surface area contributed by atoms with Crippen LogP contribution in [0.2, 0.25) is 0 Å². The Balaban J connectivity index is 1.31. The number of rotatable bonds is 1. The number of carbonyl (C=O) groups is 1. The van der Waals surface area contributed by atoms with Gasteiger partial charge in [-0.1, -0.05) is 61.5 Å². The zero-order valence-corrected chi connectivity index (χ0v) is 18.3. The summed E-state index contributed by atoms with van der Waals surface area (Å²) in [6.07, 6.45) is 12.9. The van der Waals surface area contributed by atoms with Crippen LogP contribution in [0.25, 0.3) is 10.8 Å². The van der Waals surface area contributed by atoms with Gasteiger partial charge in [0, 0.05) is 12.8 Å². The molecule has 1 saturated heterocycles. The first-order valence-corrected chi connectivity index (χ1v) is 12.1. The van der Waals surface area contributed by atoms with Crippen molar-refractivity contribution in [3.05, 3.63) is 71.3 Å². The summed E-state index contributed by atoms with van der Waals surface area (Å²) in [6, 6.07) is 15.8. The Morgan fingerprint density at radius 2 is 1.87 bits per heavy atom. The van der Waals surface area contributed by atoms with Crippen LogP contribution in [0.4, 0.5) is 0 Å². The monoisotopic (exact) mass is 410 g/mol. The molecule has 5 aliphatic rings. The molecule has 3 aliphatic carbocycles. The van der Waals surface area contributed by atoms with E-state index in [0.717, 1.165) is 25.7 Å². The van der Waals surface area contributed by atoms with Gasteiger partial charge in [0.05, 0.1) is 11.2 Å². The second kappa shape index (κ2) is 5.98. The van der Waals surface area contributed by atoms with E-state index < -0.39 is 0 Å². The molecular formula is C29H30O2. The maximum Gasteiger partial charge on any atom is 0.136 e. The average Bonchev–Trinajstić information content (AvgIpc) is 3.28. The molecule has 0 radical (unpaired) electrons. The molecule has 2 bridgehead atoms. The third-order valence-electron chi connectivity index (χ3n) is 9.67. The van der Waals surface area contributed by atoms with Crippen molar-refractivity contribution >= 4 is 16.6 Å². The first-order valence-electron chi connectivity index (χ1n) is 12.1. The van der Waals surface area contributed by atoms with E-state index in [1.54, 1.807) is 0 Å². The second-order valence-corrected chi connectivity index (χ2v) is 11.0. The van der Waals surface area contributed by atoms with Gasteiger partial charge < -0.3 is 4.74 Å². The lowest BCUT2D eigenvalue weighted by Gasteiger charge is -2.53. The summed E-state index contributed by atoms with van der Waals surface area (Å²) in [5.41, 5.74) is 4.09. The van der Waals surface area contributed by atoms with Gasteiger partial charge in [0.25, 0.3) is 0 Å². The van der Waals surface area contributed by atoms with Crippen LogP contribution in [0, 0.1) is 11.3 Å². The van der Waals surface area contributed by atoms with E-state index in [2.05, 4.69) is 61.5 Å². The molecule has 5 atom stereocenters. The molecule has 31 heavy (non-hydrogen) atoms. The van der Waals surface area contributed by atoms with Gasteiger partial charge in [-0.15, -0.1) is 0 Å². The number of Topliss-reactive ketones (excluding diaryl/α,β-unsaturated/α-hetero) is 1. The number of ether oxygens (including phenoxy) is 1. The van der Waals surface area contributed by atoms with Gasteiger partial charge in [0.15, 0.2) is 0 Å². The molecule has 2 aliphatic heterocycles. The molecule has 2 aromatic carbocycles. The van der Waals surface area contributed by atoms with Crippen molar-refractivity contribution < 1.29 is 9.53 Å². The third-order valence-corrected chi connectivity index (χ3v) is 9.67. The minimum absolute atomic E-state index is 0.167. The van der Waals surface area contributed by atoms with E-state index in [1.807, 2.05) is 0 Å². The maximum absolute atomic E-state index is 12.4. The molecule has 0 unspecified atom stereocenters. The molecule has 158 valence electrons. The highest BCUT2D eigenvalue weighted by Gasteiger charge is 2.66. The number of fused-ring (bicyclic) bond motifs is 2. The molecule has 0 amide bonds. The lowest BCUT2D eigenvalue weighted by atomic mass is 9.58. The predicted molar refractivity (Wildman–Crippen MR) is 123 cm³/mol. The minimum Gasteiger partial charge on any atom is -0.359 e. The fourth-order valence-electron chi connectivity index (χ4n) is 8.19. The molecule has 3 fully saturated rings. The van der Waals surface area contributed by atoms with E-state index in [4.69, 9.17) is 4.74 Å². The minimum atomic E-state index is -0.286. The zero-order valence-electron chi connectivity index (χ0n) is 18.3. The highest BCUT2D eigenvalue weighted by molar-refractivity contribution is 5.83. The summed E-state index contributed by atoms with van der Waals surface area (Å²) in [6.45, 7) is 2.52. The molecule has 2 spiro atoms. The van der Waals surface area contributed by atoms with Gasteiger partial charge in [0.2, 0.25) is 0 Å². The molecule has 2 nitrogen and oxygen atoms in total. The van der Waals surface area contributed by atoms with Crippen molar-refractivity contribution in [3.8, 4) is 0 Å². The Hall–Kier alpha value is -2.19. The largest absolute Gasteiger partial charge is 0.359 e. The summed E-state index contributed by atoms with van der Waals surface area (Å²) in [5.74, 6) is 1.49. The Bertz CT molecular complexity index is 1190. The van der Waals surface area contributed by atoms with E-state index >= 15 is 0 Å². The zero-order chi connectivity index (χ0) is 20.8. The topological polar surface area (TPSA) is 26.3 Å². The first-order chi connectivity index (χ1) is 15.0. The summed E-state index contributed by atoms with van der Waals surface area (Å²) >= 11 is 0. The number of benzene rings is 2. The van der Waals surface area contributed by atoms with Crippen LogP contribution in [-0.2, 0) is 9.53 Å². The number of ketones is 1. The van der Waals surface area contributed by atoms with Crippen molar-refractivity contribution in [3.63, 3.8) is 0 Å². The van der Waals surface area contributed by atoms with Gasteiger partial charge in [-0.05, 0) is 83.3 Å². The second-order valence-electron chi connectivity index (χ2n) is 11.0. The van der Waals surface area contributed by atoms with Crippen LogP contribution < -0.4 is 0 Å². The Labute approximate surface area is 184 Å². The number of hydrogen-bond acceptors (Lipinski definition) is 2. The van der Waals surface area contributed by atoms with E-state index in [-0.39, 0.29) is 16.6 Å². The summed E-state index contributed by atoms with van der Waals surface area (Å²) in [5, 5.41) is 2.67. The van der Waals surface area contributed by atoms with Crippen molar-refractivity contribution in [2.75, 3.05) is 0 Å². The summed E-state index contributed by atoms with van der Waals surface area (Å²) < 4.78 is 7.13.